The van der Waals surface area contributed by atoms with E-state index in [0.29, 0.717) is 17.5 Å². The van der Waals surface area contributed by atoms with Crippen LogP contribution in [-0.2, 0) is 11.3 Å². The minimum atomic E-state index is -0.0662. The van der Waals surface area contributed by atoms with Gasteiger partial charge in [0, 0.05) is 12.6 Å². The molecule has 1 N–H and O–H groups in total. The van der Waals surface area contributed by atoms with Crippen LogP contribution < -0.4 is 10.1 Å². The summed E-state index contributed by atoms with van der Waals surface area (Å²) in [5, 5.41) is 11.8. The SMILES string of the molecule is CNC(=O)CSc1nnc(-c2ccc(OC)cc2)n1Cc1ccco1. The molecule has 2 heterocycles. The number of furan rings is 1. The summed E-state index contributed by atoms with van der Waals surface area (Å²) < 4.78 is 12.6. The second-order valence-corrected chi connectivity index (χ2v) is 6.10. The van der Waals surface area contributed by atoms with E-state index in [4.69, 9.17) is 9.15 Å². The molecule has 2 aromatic heterocycles. The molecule has 1 amide bonds. The second kappa shape index (κ2) is 7.89. The van der Waals surface area contributed by atoms with E-state index in [1.807, 2.05) is 41.0 Å². The zero-order valence-corrected chi connectivity index (χ0v) is 14.7. The van der Waals surface area contributed by atoms with Crippen LogP contribution in [0, 0.1) is 0 Å². The predicted molar refractivity (Wildman–Crippen MR) is 94.6 cm³/mol. The number of methoxy groups -OCH3 is 1. The van der Waals surface area contributed by atoms with Crippen molar-refractivity contribution < 1.29 is 13.9 Å². The summed E-state index contributed by atoms with van der Waals surface area (Å²) >= 11 is 1.34. The fourth-order valence-corrected chi connectivity index (χ4v) is 3.06. The molecule has 7 nitrogen and oxygen atoms in total. The van der Waals surface area contributed by atoms with Crippen LogP contribution in [0.2, 0.25) is 0 Å². The van der Waals surface area contributed by atoms with E-state index >= 15 is 0 Å². The molecule has 0 aliphatic heterocycles. The summed E-state index contributed by atoms with van der Waals surface area (Å²) in [4.78, 5) is 11.5. The Bertz CT molecular complexity index is 828. The Morgan fingerprint density at radius 2 is 2.08 bits per heavy atom. The zero-order valence-electron chi connectivity index (χ0n) is 13.9. The summed E-state index contributed by atoms with van der Waals surface area (Å²) in [6.45, 7) is 0.484. The molecule has 25 heavy (non-hydrogen) atoms. The van der Waals surface area contributed by atoms with E-state index in [-0.39, 0.29) is 11.7 Å². The predicted octanol–water partition coefficient (Wildman–Crippen LogP) is 2.43. The van der Waals surface area contributed by atoms with Gasteiger partial charge in [-0.1, -0.05) is 11.8 Å². The lowest BCUT2D eigenvalue weighted by Crippen LogP contribution is -2.20. The van der Waals surface area contributed by atoms with Gasteiger partial charge < -0.3 is 14.5 Å². The van der Waals surface area contributed by atoms with E-state index in [1.165, 1.54) is 11.8 Å². The Hall–Kier alpha value is -2.74. The lowest BCUT2D eigenvalue weighted by atomic mass is 10.2. The normalized spacial score (nSPS) is 10.6. The number of carbonyl (C=O) groups excluding carboxylic acids is 1. The van der Waals surface area contributed by atoms with E-state index in [2.05, 4.69) is 15.5 Å². The van der Waals surface area contributed by atoms with Crippen LogP contribution in [-0.4, -0.2) is 40.6 Å². The number of aromatic nitrogens is 3. The maximum absolute atomic E-state index is 11.5. The molecule has 0 saturated heterocycles. The lowest BCUT2D eigenvalue weighted by molar-refractivity contribution is -0.118. The maximum atomic E-state index is 11.5. The first-order chi connectivity index (χ1) is 12.2. The van der Waals surface area contributed by atoms with Crippen molar-refractivity contribution in [1.29, 1.82) is 0 Å². The van der Waals surface area contributed by atoms with E-state index < -0.39 is 0 Å². The van der Waals surface area contributed by atoms with Crippen molar-refractivity contribution in [3.05, 3.63) is 48.4 Å². The Morgan fingerprint density at radius 3 is 2.72 bits per heavy atom. The monoisotopic (exact) mass is 358 g/mol. The molecule has 0 aliphatic carbocycles. The minimum Gasteiger partial charge on any atom is -0.497 e. The van der Waals surface area contributed by atoms with Crippen molar-refractivity contribution in [2.45, 2.75) is 11.7 Å². The van der Waals surface area contributed by atoms with Crippen molar-refractivity contribution in [2.75, 3.05) is 19.9 Å². The molecule has 8 heteroatoms. The molecule has 0 saturated carbocycles. The molecular weight excluding hydrogens is 340 g/mol. The van der Waals surface area contributed by atoms with Crippen LogP contribution in [0.4, 0.5) is 0 Å². The Kier molecular flexibility index (Phi) is 5.39. The molecule has 0 unspecified atom stereocenters. The first-order valence-corrected chi connectivity index (χ1v) is 8.63. The van der Waals surface area contributed by atoms with Crippen LogP contribution in [0.25, 0.3) is 11.4 Å². The third-order valence-electron chi connectivity index (χ3n) is 3.57. The largest absolute Gasteiger partial charge is 0.497 e. The van der Waals surface area contributed by atoms with E-state index in [0.717, 1.165) is 17.1 Å². The van der Waals surface area contributed by atoms with Crippen LogP contribution in [0.3, 0.4) is 0 Å². The van der Waals surface area contributed by atoms with Crippen molar-refractivity contribution in [1.82, 2.24) is 20.1 Å². The van der Waals surface area contributed by atoms with Gasteiger partial charge in [0.05, 0.1) is 25.7 Å². The van der Waals surface area contributed by atoms with Gasteiger partial charge in [0.15, 0.2) is 11.0 Å². The number of benzene rings is 1. The van der Waals surface area contributed by atoms with Gasteiger partial charge in [0.1, 0.15) is 11.5 Å². The van der Waals surface area contributed by atoms with E-state index in [1.54, 1.807) is 20.4 Å². The fourth-order valence-electron chi connectivity index (χ4n) is 2.25. The highest BCUT2D eigenvalue weighted by atomic mass is 32.2. The third kappa shape index (κ3) is 4.03. The molecule has 0 atom stereocenters. The maximum Gasteiger partial charge on any atom is 0.230 e. The average molecular weight is 358 g/mol. The molecule has 130 valence electrons. The molecule has 3 aromatic rings. The minimum absolute atomic E-state index is 0.0662. The first-order valence-electron chi connectivity index (χ1n) is 7.64. The molecule has 0 spiro atoms. The standard InChI is InChI=1S/C17H18N4O3S/c1-18-15(22)11-25-17-20-19-16(12-5-7-13(23-2)8-6-12)21(17)10-14-4-3-9-24-14/h3-9H,10-11H2,1-2H3,(H,18,22). The number of carbonyl (C=O) groups is 1. The van der Waals surface area contributed by atoms with Gasteiger partial charge in [-0.25, -0.2) is 0 Å². The smallest absolute Gasteiger partial charge is 0.230 e. The molecule has 0 radical (unpaired) electrons. The number of amides is 1. The first kappa shape index (κ1) is 17.1. The molecule has 0 aliphatic rings. The van der Waals surface area contributed by atoms with Gasteiger partial charge in [-0.3, -0.25) is 9.36 Å². The summed E-state index contributed by atoms with van der Waals surface area (Å²) in [7, 11) is 3.24. The summed E-state index contributed by atoms with van der Waals surface area (Å²) in [6.07, 6.45) is 1.63. The quantitative estimate of drug-likeness (QED) is 0.653. The summed E-state index contributed by atoms with van der Waals surface area (Å²) in [5.74, 6) is 2.48. The van der Waals surface area contributed by atoms with Gasteiger partial charge in [-0.15, -0.1) is 10.2 Å². The number of nitrogens with one attached hydrogen (secondary N) is 1. The van der Waals surface area contributed by atoms with Gasteiger partial charge in [-0.05, 0) is 36.4 Å². The number of hydrogen-bond acceptors (Lipinski definition) is 6. The average Bonchev–Trinajstić information content (AvgIpc) is 3.30. The number of hydrogen-bond donors (Lipinski definition) is 1. The Balaban J connectivity index is 1.92. The molecular formula is C17H18N4O3S. The number of rotatable bonds is 7. The summed E-state index contributed by atoms with van der Waals surface area (Å²) in [6, 6.07) is 11.3. The number of nitrogens with zero attached hydrogens (tertiary/aromatic N) is 3. The van der Waals surface area contributed by atoms with Gasteiger partial charge in [0.2, 0.25) is 5.91 Å². The third-order valence-corrected chi connectivity index (χ3v) is 4.54. The molecule has 0 fully saturated rings. The van der Waals surface area contributed by atoms with E-state index in [9.17, 15) is 4.79 Å². The van der Waals surface area contributed by atoms with Gasteiger partial charge in [0.25, 0.3) is 0 Å². The van der Waals surface area contributed by atoms with Crippen molar-refractivity contribution in [3.8, 4) is 17.1 Å². The molecule has 0 bridgehead atoms. The van der Waals surface area contributed by atoms with Crippen LogP contribution >= 0.6 is 11.8 Å². The van der Waals surface area contributed by atoms with Crippen LogP contribution in [0.1, 0.15) is 5.76 Å². The van der Waals surface area contributed by atoms with Crippen LogP contribution in [0.15, 0.2) is 52.2 Å². The number of thioether (sulfide) groups is 1. The molecule has 1 aromatic carbocycles. The second-order valence-electron chi connectivity index (χ2n) is 5.16. The highest BCUT2D eigenvalue weighted by molar-refractivity contribution is 7.99. The lowest BCUT2D eigenvalue weighted by Gasteiger charge is -2.09. The van der Waals surface area contributed by atoms with Crippen molar-refractivity contribution in [3.63, 3.8) is 0 Å². The topological polar surface area (TPSA) is 82.2 Å². The van der Waals surface area contributed by atoms with Gasteiger partial charge >= 0.3 is 0 Å². The Morgan fingerprint density at radius 1 is 1.28 bits per heavy atom. The van der Waals surface area contributed by atoms with Gasteiger partial charge in [-0.2, -0.15) is 0 Å². The zero-order chi connectivity index (χ0) is 17.6. The highest BCUT2D eigenvalue weighted by Crippen LogP contribution is 2.26. The van der Waals surface area contributed by atoms with Crippen molar-refractivity contribution >= 4 is 17.7 Å². The molecule has 3 rings (SSSR count). The Labute approximate surface area is 149 Å². The summed E-state index contributed by atoms with van der Waals surface area (Å²) in [5.41, 5.74) is 0.909. The number of ether oxygens (including phenoxy) is 1. The van der Waals surface area contributed by atoms with Crippen LogP contribution in [0.5, 0.6) is 5.75 Å². The van der Waals surface area contributed by atoms with Crippen molar-refractivity contribution in [2.24, 2.45) is 0 Å². The fraction of sp³-hybridized carbons (Fsp3) is 0.235. The highest BCUT2D eigenvalue weighted by Gasteiger charge is 2.16.